The summed E-state index contributed by atoms with van der Waals surface area (Å²) >= 11 is 0. The number of nitrogens with one attached hydrogen (secondary N) is 1. The fourth-order valence-electron chi connectivity index (χ4n) is 4.73. The molecule has 178 valence electrons. The van der Waals surface area contributed by atoms with E-state index in [-0.39, 0.29) is 17.4 Å². The van der Waals surface area contributed by atoms with Crippen LogP contribution in [0.3, 0.4) is 0 Å². The van der Waals surface area contributed by atoms with Crippen LogP contribution >= 0.6 is 0 Å². The predicted molar refractivity (Wildman–Crippen MR) is 140 cm³/mol. The summed E-state index contributed by atoms with van der Waals surface area (Å²) in [4.78, 5) is 33.4. The number of para-hydroxylation sites is 2. The molecule has 1 amide bonds. The molecule has 0 bridgehead atoms. The van der Waals surface area contributed by atoms with Crippen LogP contribution in [0.5, 0.6) is 0 Å². The van der Waals surface area contributed by atoms with E-state index in [1.807, 2.05) is 59.5 Å². The maximum absolute atomic E-state index is 13.7. The molecular weight excluding hydrogens is 436 g/mol. The van der Waals surface area contributed by atoms with Crippen LogP contribution in [0.15, 0.2) is 83.7 Å². The van der Waals surface area contributed by atoms with Crippen molar-refractivity contribution in [3.63, 3.8) is 0 Å². The molecule has 6 nitrogen and oxygen atoms in total. The van der Waals surface area contributed by atoms with Gasteiger partial charge in [0.15, 0.2) is 5.82 Å². The molecule has 1 aliphatic heterocycles. The number of piperidine rings is 1. The van der Waals surface area contributed by atoms with E-state index in [4.69, 9.17) is 4.98 Å². The molecule has 3 aromatic carbocycles. The highest BCUT2D eigenvalue weighted by atomic mass is 16.2. The van der Waals surface area contributed by atoms with Crippen LogP contribution in [0.1, 0.15) is 29.5 Å². The Morgan fingerprint density at radius 3 is 2.51 bits per heavy atom. The molecule has 0 radical (unpaired) electrons. The lowest BCUT2D eigenvalue weighted by Gasteiger charge is -2.32. The standard InChI is InChI=1S/C29H30N4O2/c1-21-13-15-23(16-14-21)19-33-26-12-6-5-11-25(26)31-27(29(33)35)32-17-7-10-24(20-32)28(34)30-18-22-8-3-2-4-9-22/h2-6,8-9,11-16,24H,7,10,17-20H2,1H3,(H,30,34)/t24-/m1/s1. The minimum atomic E-state index is -0.175. The Morgan fingerprint density at radius 1 is 0.971 bits per heavy atom. The summed E-state index contributed by atoms with van der Waals surface area (Å²) in [6, 6.07) is 25.9. The first-order valence-corrected chi connectivity index (χ1v) is 12.2. The smallest absolute Gasteiger partial charge is 0.294 e. The van der Waals surface area contributed by atoms with Gasteiger partial charge in [-0.05, 0) is 43.0 Å². The van der Waals surface area contributed by atoms with Crippen molar-refractivity contribution in [2.24, 2.45) is 5.92 Å². The van der Waals surface area contributed by atoms with Crippen LogP contribution in [-0.2, 0) is 17.9 Å². The second-order valence-electron chi connectivity index (χ2n) is 9.29. The number of hydrogen-bond acceptors (Lipinski definition) is 4. The maximum atomic E-state index is 13.7. The number of hydrogen-bond donors (Lipinski definition) is 1. The van der Waals surface area contributed by atoms with Gasteiger partial charge in [-0.1, -0.05) is 72.3 Å². The van der Waals surface area contributed by atoms with Gasteiger partial charge in [-0.2, -0.15) is 0 Å². The molecule has 1 aliphatic rings. The van der Waals surface area contributed by atoms with Gasteiger partial charge in [0.2, 0.25) is 5.91 Å². The number of aromatic nitrogens is 2. The quantitative estimate of drug-likeness (QED) is 0.461. The Balaban J connectivity index is 1.40. The molecule has 2 heterocycles. The van der Waals surface area contributed by atoms with Crippen LogP contribution in [0.4, 0.5) is 5.82 Å². The van der Waals surface area contributed by atoms with Gasteiger partial charge in [-0.25, -0.2) is 4.98 Å². The summed E-state index contributed by atoms with van der Waals surface area (Å²) in [6.45, 7) is 4.25. The third-order valence-electron chi connectivity index (χ3n) is 6.70. The molecule has 0 aliphatic carbocycles. The number of rotatable bonds is 6. The van der Waals surface area contributed by atoms with Crippen molar-refractivity contribution in [1.29, 1.82) is 0 Å². The van der Waals surface area contributed by atoms with Gasteiger partial charge in [-0.3, -0.25) is 14.2 Å². The predicted octanol–water partition coefficient (Wildman–Crippen LogP) is 4.29. The normalized spacial score (nSPS) is 15.8. The molecule has 6 heteroatoms. The van der Waals surface area contributed by atoms with E-state index in [1.54, 1.807) is 4.57 Å². The monoisotopic (exact) mass is 466 g/mol. The largest absolute Gasteiger partial charge is 0.352 e. The highest BCUT2D eigenvalue weighted by Gasteiger charge is 2.28. The van der Waals surface area contributed by atoms with Crippen molar-refractivity contribution in [3.05, 3.63) is 106 Å². The van der Waals surface area contributed by atoms with E-state index >= 15 is 0 Å². The average Bonchev–Trinajstić information content (AvgIpc) is 2.90. The van der Waals surface area contributed by atoms with Crippen molar-refractivity contribution in [2.75, 3.05) is 18.0 Å². The van der Waals surface area contributed by atoms with Crippen molar-refractivity contribution in [1.82, 2.24) is 14.9 Å². The van der Waals surface area contributed by atoms with Crippen LogP contribution in [0.2, 0.25) is 0 Å². The fraction of sp³-hybridized carbons (Fsp3) is 0.276. The minimum absolute atomic E-state index is 0.0272. The molecule has 1 fully saturated rings. The van der Waals surface area contributed by atoms with Gasteiger partial charge in [0, 0.05) is 19.6 Å². The van der Waals surface area contributed by atoms with Crippen molar-refractivity contribution in [3.8, 4) is 0 Å². The molecule has 4 aromatic rings. The van der Waals surface area contributed by atoms with Crippen LogP contribution in [0, 0.1) is 12.8 Å². The van der Waals surface area contributed by atoms with E-state index in [9.17, 15) is 9.59 Å². The summed E-state index contributed by atoms with van der Waals surface area (Å²) in [6.07, 6.45) is 1.65. The second kappa shape index (κ2) is 10.1. The summed E-state index contributed by atoms with van der Waals surface area (Å²) in [5.41, 5.74) is 4.81. The number of fused-ring (bicyclic) bond motifs is 1. The topological polar surface area (TPSA) is 67.2 Å². The Morgan fingerprint density at radius 2 is 1.71 bits per heavy atom. The molecule has 1 atom stereocenters. The lowest BCUT2D eigenvalue weighted by Crippen LogP contribution is -2.45. The average molecular weight is 467 g/mol. The van der Waals surface area contributed by atoms with E-state index in [0.29, 0.717) is 32.0 Å². The van der Waals surface area contributed by atoms with Gasteiger partial charge in [0.05, 0.1) is 23.5 Å². The molecule has 0 saturated carbocycles. The Hall–Kier alpha value is -3.93. The summed E-state index contributed by atoms with van der Waals surface area (Å²) in [5.74, 6) is 0.279. The summed E-state index contributed by atoms with van der Waals surface area (Å²) in [5, 5.41) is 3.06. The van der Waals surface area contributed by atoms with Crippen molar-refractivity contribution < 1.29 is 4.79 Å². The zero-order valence-corrected chi connectivity index (χ0v) is 20.0. The fourth-order valence-corrected chi connectivity index (χ4v) is 4.73. The van der Waals surface area contributed by atoms with Gasteiger partial charge < -0.3 is 10.2 Å². The van der Waals surface area contributed by atoms with Crippen molar-refractivity contribution >= 4 is 22.8 Å². The second-order valence-corrected chi connectivity index (χ2v) is 9.29. The van der Waals surface area contributed by atoms with Crippen LogP contribution in [0.25, 0.3) is 11.0 Å². The number of anilines is 1. The summed E-state index contributed by atoms with van der Waals surface area (Å²) in [7, 11) is 0. The Bertz CT molecular complexity index is 1380. The van der Waals surface area contributed by atoms with E-state index in [1.165, 1.54) is 5.56 Å². The first-order valence-electron chi connectivity index (χ1n) is 12.2. The SMILES string of the molecule is Cc1ccc(Cn2c(=O)c(N3CCC[C@@H](C(=O)NCc4ccccc4)C3)nc3ccccc32)cc1. The molecular formula is C29H30N4O2. The lowest BCUT2D eigenvalue weighted by molar-refractivity contribution is -0.125. The van der Waals surface area contributed by atoms with Gasteiger partial charge in [-0.15, -0.1) is 0 Å². The zero-order chi connectivity index (χ0) is 24.2. The number of carbonyl (C=O) groups is 1. The summed E-state index contributed by atoms with van der Waals surface area (Å²) < 4.78 is 1.81. The van der Waals surface area contributed by atoms with Gasteiger partial charge in [0.25, 0.3) is 5.56 Å². The highest BCUT2D eigenvalue weighted by molar-refractivity contribution is 5.80. The van der Waals surface area contributed by atoms with E-state index in [2.05, 4.69) is 36.5 Å². The maximum Gasteiger partial charge on any atom is 0.294 e. The number of benzene rings is 3. The first kappa shape index (κ1) is 22.8. The van der Waals surface area contributed by atoms with E-state index in [0.717, 1.165) is 35.0 Å². The molecule has 1 aromatic heterocycles. The van der Waals surface area contributed by atoms with Gasteiger partial charge in [0.1, 0.15) is 0 Å². The number of carbonyl (C=O) groups excluding carboxylic acids is 1. The molecule has 1 saturated heterocycles. The van der Waals surface area contributed by atoms with Crippen LogP contribution in [-0.4, -0.2) is 28.5 Å². The zero-order valence-electron chi connectivity index (χ0n) is 20.0. The van der Waals surface area contributed by atoms with Gasteiger partial charge >= 0.3 is 0 Å². The highest BCUT2D eigenvalue weighted by Crippen LogP contribution is 2.22. The third-order valence-corrected chi connectivity index (χ3v) is 6.70. The van der Waals surface area contributed by atoms with Crippen molar-refractivity contribution in [2.45, 2.75) is 32.9 Å². The Labute approximate surface area is 205 Å². The number of nitrogens with zero attached hydrogens (tertiary/aromatic N) is 3. The molecule has 0 spiro atoms. The molecule has 1 N–H and O–H groups in total. The van der Waals surface area contributed by atoms with Crippen LogP contribution < -0.4 is 15.8 Å². The lowest BCUT2D eigenvalue weighted by atomic mass is 9.97. The molecule has 35 heavy (non-hydrogen) atoms. The third kappa shape index (κ3) is 5.11. The number of aryl methyl sites for hydroxylation is 1. The molecule has 5 rings (SSSR count). The minimum Gasteiger partial charge on any atom is -0.352 e. The molecule has 0 unspecified atom stereocenters. The van der Waals surface area contributed by atoms with E-state index < -0.39 is 0 Å². The first-order chi connectivity index (χ1) is 17.1. The number of amides is 1. The Kier molecular flexibility index (Phi) is 6.62.